The number of benzene rings is 2. The van der Waals surface area contributed by atoms with Gasteiger partial charge in [-0.05, 0) is 50.5 Å². The van der Waals surface area contributed by atoms with E-state index in [1.165, 1.54) is 10.8 Å². The Hall–Kier alpha value is -2.86. The molecule has 0 radical (unpaired) electrons. The van der Waals surface area contributed by atoms with Gasteiger partial charge < -0.3 is 14.8 Å². The second kappa shape index (κ2) is 13.0. The zero-order chi connectivity index (χ0) is 30.6. The van der Waals surface area contributed by atoms with Gasteiger partial charge in [-0.25, -0.2) is 9.59 Å². The summed E-state index contributed by atoms with van der Waals surface area (Å²) < 4.78 is 12.0. The van der Waals surface area contributed by atoms with E-state index in [1.807, 2.05) is 52.0 Å². The first-order valence-corrected chi connectivity index (χ1v) is 18.0. The van der Waals surface area contributed by atoms with Crippen LogP contribution in [0.2, 0.25) is 13.1 Å². The Morgan fingerprint density at radius 1 is 0.951 bits per heavy atom. The number of rotatable bonds is 9. The number of hydrogen-bond acceptors (Lipinski definition) is 4. The fourth-order valence-electron chi connectivity index (χ4n) is 6.22. The van der Waals surface area contributed by atoms with Gasteiger partial charge in [-0.15, -0.1) is 6.58 Å². The summed E-state index contributed by atoms with van der Waals surface area (Å²) in [7, 11) is -2.20. The number of amides is 1. The van der Waals surface area contributed by atoms with Crippen LogP contribution in [0.25, 0.3) is 0 Å². The number of ether oxygens (including phenoxy) is 2. The first-order chi connectivity index (χ1) is 19.0. The smallest absolute Gasteiger partial charge is 0.408 e. The average Bonchev–Trinajstić information content (AvgIpc) is 2.90. The molecule has 1 fully saturated rings. The molecule has 2 aromatic rings. The highest BCUT2D eigenvalue weighted by Crippen LogP contribution is 2.44. The maximum Gasteiger partial charge on any atom is 0.408 e. The van der Waals surface area contributed by atoms with Crippen molar-refractivity contribution in [2.45, 2.75) is 104 Å². The minimum absolute atomic E-state index is 0.154. The first-order valence-electron chi connectivity index (χ1n) is 15.0. The predicted octanol–water partition coefficient (Wildman–Crippen LogP) is 7.55. The molecule has 224 valence electrons. The van der Waals surface area contributed by atoms with Gasteiger partial charge in [0.25, 0.3) is 0 Å². The number of carbonyl (C=O) groups excluding carboxylic acids is 2. The second-order valence-electron chi connectivity index (χ2n) is 14.0. The van der Waals surface area contributed by atoms with Gasteiger partial charge in [-0.2, -0.15) is 0 Å². The summed E-state index contributed by atoms with van der Waals surface area (Å²) in [5.41, 5.74) is 0.361. The summed E-state index contributed by atoms with van der Waals surface area (Å²) in [4.78, 5) is 27.1. The van der Waals surface area contributed by atoms with Crippen LogP contribution in [0, 0.1) is 17.8 Å². The van der Waals surface area contributed by atoms with Crippen molar-refractivity contribution in [3.05, 3.63) is 78.0 Å². The zero-order valence-corrected chi connectivity index (χ0v) is 27.6. The van der Waals surface area contributed by atoms with Gasteiger partial charge >= 0.3 is 12.1 Å². The molecule has 2 aromatic carbocycles. The number of hydrogen-bond donors (Lipinski definition) is 1. The van der Waals surface area contributed by atoms with Crippen molar-refractivity contribution in [1.29, 1.82) is 0 Å². The van der Waals surface area contributed by atoms with Gasteiger partial charge in [-0.3, -0.25) is 0 Å². The van der Waals surface area contributed by atoms with Gasteiger partial charge in [0.1, 0.15) is 25.8 Å². The van der Waals surface area contributed by atoms with E-state index in [0.29, 0.717) is 5.92 Å². The van der Waals surface area contributed by atoms with E-state index in [2.05, 4.69) is 82.2 Å². The van der Waals surface area contributed by atoms with Crippen molar-refractivity contribution in [2.24, 2.45) is 17.8 Å². The van der Waals surface area contributed by atoms with Crippen LogP contribution in [0.5, 0.6) is 0 Å². The standard InChI is InChI=1S/C35H51NO4Si/c1-24-21-22-29(35(7,8)27-17-13-11-14-18-27)30(23-24)39-32(37)31(36-33(38)40-34(4,5)6)25(2)26(3)41(9,10)28-19-15-12-16-20-28/h11-20,24-25,29-31H,3,21-23H2,1-2,4-10H3,(H,36,38)/t24-,25+,29-,30-,31+/m1/s1. The van der Waals surface area contributed by atoms with Crippen molar-refractivity contribution in [3.63, 3.8) is 0 Å². The van der Waals surface area contributed by atoms with E-state index in [0.717, 1.165) is 24.5 Å². The molecule has 1 aliphatic rings. The molecule has 0 spiro atoms. The Kier molecular flexibility index (Phi) is 10.3. The number of nitrogens with one attached hydrogen (secondary N) is 1. The third kappa shape index (κ3) is 8.12. The summed E-state index contributed by atoms with van der Waals surface area (Å²) in [5.74, 6) is -0.167. The van der Waals surface area contributed by atoms with Crippen LogP contribution in [0.4, 0.5) is 4.79 Å². The highest BCUT2D eigenvalue weighted by Gasteiger charge is 2.44. The quantitative estimate of drug-likeness (QED) is 0.247. The molecule has 1 amide bonds. The third-order valence-corrected chi connectivity index (χ3v) is 12.9. The molecule has 6 heteroatoms. The second-order valence-corrected chi connectivity index (χ2v) is 18.5. The SMILES string of the molecule is C=C([C@H](C)[C@H](NC(=O)OC(C)(C)C)C(=O)O[C@@H]1C[C@H](C)CC[C@H]1C(C)(C)c1ccccc1)[Si](C)(C)c1ccccc1. The van der Waals surface area contributed by atoms with E-state index >= 15 is 0 Å². The van der Waals surface area contributed by atoms with Crippen molar-refractivity contribution in [3.8, 4) is 0 Å². The lowest BCUT2D eigenvalue weighted by Gasteiger charge is -2.44. The fourth-order valence-corrected chi connectivity index (χ4v) is 8.92. The summed E-state index contributed by atoms with van der Waals surface area (Å²) >= 11 is 0. The topological polar surface area (TPSA) is 64.6 Å². The molecule has 1 saturated carbocycles. The minimum atomic E-state index is -2.20. The monoisotopic (exact) mass is 577 g/mol. The lowest BCUT2D eigenvalue weighted by molar-refractivity contribution is -0.160. The molecule has 1 N–H and O–H groups in total. The molecule has 3 rings (SSSR count). The first kappa shape index (κ1) is 32.6. The summed E-state index contributed by atoms with van der Waals surface area (Å²) in [6, 6.07) is 19.9. The molecule has 5 nitrogen and oxygen atoms in total. The van der Waals surface area contributed by atoms with E-state index in [-0.39, 0.29) is 23.4 Å². The van der Waals surface area contributed by atoms with Gasteiger partial charge in [0, 0.05) is 11.8 Å². The van der Waals surface area contributed by atoms with Crippen molar-refractivity contribution in [2.75, 3.05) is 0 Å². The van der Waals surface area contributed by atoms with E-state index in [9.17, 15) is 9.59 Å². The van der Waals surface area contributed by atoms with Crippen LogP contribution >= 0.6 is 0 Å². The minimum Gasteiger partial charge on any atom is -0.460 e. The van der Waals surface area contributed by atoms with Crippen molar-refractivity contribution in [1.82, 2.24) is 5.32 Å². The third-order valence-electron chi connectivity index (χ3n) is 9.04. The van der Waals surface area contributed by atoms with Gasteiger partial charge in [-0.1, -0.05) is 118 Å². The largest absolute Gasteiger partial charge is 0.460 e. The Balaban J connectivity index is 1.92. The highest BCUT2D eigenvalue weighted by atomic mass is 28.3. The maximum atomic E-state index is 14.1. The van der Waals surface area contributed by atoms with Crippen LogP contribution in [0.1, 0.15) is 73.3 Å². The predicted molar refractivity (Wildman–Crippen MR) is 171 cm³/mol. The van der Waals surface area contributed by atoms with Crippen LogP contribution in [-0.2, 0) is 19.7 Å². The van der Waals surface area contributed by atoms with Crippen LogP contribution in [-0.4, -0.2) is 37.9 Å². The van der Waals surface area contributed by atoms with Gasteiger partial charge in [0.15, 0.2) is 0 Å². The Bertz CT molecular complexity index is 1190. The summed E-state index contributed by atoms with van der Waals surface area (Å²) in [6.07, 6.45) is 1.98. The average molecular weight is 578 g/mol. The van der Waals surface area contributed by atoms with Crippen molar-refractivity contribution >= 4 is 25.3 Å². The lowest BCUT2D eigenvalue weighted by Crippen LogP contribution is -2.54. The van der Waals surface area contributed by atoms with Crippen LogP contribution < -0.4 is 10.5 Å². The molecule has 0 saturated heterocycles. The van der Waals surface area contributed by atoms with E-state index in [4.69, 9.17) is 9.47 Å². The Labute approximate surface area is 249 Å². The molecular formula is C35H51NO4Si. The molecular weight excluding hydrogens is 526 g/mol. The normalized spacial score (nSPS) is 21.3. The molecule has 0 aromatic heterocycles. The summed E-state index contributed by atoms with van der Waals surface area (Å²) in [6.45, 7) is 23.1. The molecule has 41 heavy (non-hydrogen) atoms. The maximum absolute atomic E-state index is 14.1. The van der Waals surface area contributed by atoms with Gasteiger partial charge in [0.2, 0.25) is 0 Å². The molecule has 5 atom stereocenters. The van der Waals surface area contributed by atoms with Crippen LogP contribution in [0.15, 0.2) is 72.4 Å². The van der Waals surface area contributed by atoms with E-state index < -0.39 is 31.8 Å². The molecule has 1 aliphatic carbocycles. The Morgan fingerprint density at radius 3 is 2.07 bits per heavy atom. The Morgan fingerprint density at radius 2 is 1.51 bits per heavy atom. The number of carbonyl (C=O) groups is 2. The molecule has 0 unspecified atom stereocenters. The van der Waals surface area contributed by atoms with Gasteiger partial charge in [0.05, 0.1) is 0 Å². The lowest BCUT2D eigenvalue weighted by atomic mass is 9.64. The molecule has 0 heterocycles. The summed E-state index contributed by atoms with van der Waals surface area (Å²) in [5, 5.41) is 5.09. The highest BCUT2D eigenvalue weighted by molar-refractivity contribution is 6.95. The zero-order valence-electron chi connectivity index (χ0n) is 26.6. The number of alkyl carbamates (subject to hydrolysis) is 1. The molecule has 0 bridgehead atoms. The molecule has 0 aliphatic heterocycles. The van der Waals surface area contributed by atoms with Crippen LogP contribution in [0.3, 0.4) is 0 Å². The van der Waals surface area contributed by atoms with E-state index in [1.54, 1.807) is 0 Å². The number of esters is 1. The fraction of sp³-hybridized carbons (Fsp3) is 0.543. The van der Waals surface area contributed by atoms with Crippen molar-refractivity contribution < 1.29 is 19.1 Å².